The average molecular weight is 477 g/mol. The topological polar surface area (TPSA) is 80.3 Å². The zero-order chi connectivity index (χ0) is 24.8. The van der Waals surface area contributed by atoms with Crippen LogP contribution >= 0.6 is 0 Å². The van der Waals surface area contributed by atoms with Crippen molar-refractivity contribution in [3.05, 3.63) is 82.9 Å². The van der Waals surface area contributed by atoms with E-state index in [-0.39, 0.29) is 24.2 Å². The minimum atomic E-state index is -0.0599. The Morgan fingerprint density at radius 3 is 2.37 bits per heavy atom. The first-order valence-corrected chi connectivity index (χ1v) is 11.7. The van der Waals surface area contributed by atoms with Crippen molar-refractivity contribution in [2.75, 3.05) is 34.4 Å². The molecule has 1 heterocycles. The van der Waals surface area contributed by atoms with Gasteiger partial charge in [0, 0.05) is 19.1 Å². The predicted octanol–water partition coefficient (Wildman–Crippen LogP) is 3.88. The molecule has 2 N–H and O–H groups in total. The Bertz CT molecular complexity index is 1170. The summed E-state index contributed by atoms with van der Waals surface area (Å²) in [7, 11) is 4.80. The van der Waals surface area contributed by atoms with Crippen molar-refractivity contribution in [3.63, 3.8) is 0 Å². The number of fused-ring (bicyclic) bond motifs is 1. The molecule has 1 unspecified atom stereocenters. The fourth-order valence-corrected chi connectivity index (χ4v) is 4.62. The summed E-state index contributed by atoms with van der Waals surface area (Å²) in [4.78, 5) is 15.1. The highest BCUT2D eigenvalue weighted by Gasteiger charge is 2.30. The fraction of sp³-hybridized carbons (Fsp3) is 0.321. The van der Waals surface area contributed by atoms with Crippen molar-refractivity contribution in [1.29, 1.82) is 0 Å². The van der Waals surface area contributed by atoms with Crippen LogP contribution in [0.2, 0.25) is 0 Å². The van der Waals surface area contributed by atoms with Crippen LogP contribution < -0.4 is 19.5 Å². The van der Waals surface area contributed by atoms with Gasteiger partial charge in [0.25, 0.3) is 0 Å². The summed E-state index contributed by atoms with van der Waals surface area (Å²) >= 11 is 0. The second kappa shape index (κ2) is 11.1. The number of carbonyl (C=O) groups is 1. The van der Waals surface area contributed by atoms with Crippen LogP contribution in [0.4, 0.5) is 0 Å². The normalized spacial score (nSPS) is 15.2. The van der Waals surface area contributed by atoms with Crippen LogP contribution in [0, 0.1) is 0 Å². The Hall–Kier alpha value is -3.71. The van der Waals surface area contributed by atoms with Gasteiger partial charge in [0.15, 0.2) is 23.0 Å². The standard InChI is InChI=1S/C28H32N2O5/c1-33-25-14-20(9-10-24(25)31)13-23-22-16-27(35-3)26(34-2)15-21(22)11-12-30(23)18-28(32)29-17-19-7-5-4-6-8-19/h4-10,14-16,23,31H,11-13,17-18H2,1-3H3,(H,29,32). The van der Waals surface area contributed by atoms with E-state index in [0.29, 0.717) is 30.2 Å². The summed E-state index contributed by atoms with van der Waals surface area (Å²) < 4.78 is 16.4. The molecule has 1 aliphatic rings. The first kappa shape index (κ1) is 24.4. The number of phenols is 1. The molecule has 7 heteroatoms. The number of nitrogens with one attached hydrogen (secondary N) is 1. The van der Waals surface area contributed by atoms with Crippen molar-refractivity contribution in [3.8, 4) is 23.0 Å². The lowest BCUT2D eigenvalue weighted by Gasteiger charge is -2.37. The number of aromatic hydroxyl groups is 1. The molecule has 0 saturated heterocycles. The summed E-state index contributed by atoms with van der Waals surface area (Å²) in [6.07, 6.45) is 1.45. The molecular formula is C28H32N2O5. The van der Waals surface area contributed by atoms with E-state index in [4.69, 9.17) is 14.2 Å². The van der Waals surface area contributed by atoms with Crippen LogP contribution in [0.15, 0.2) is 60.7 Å². The summed E-state index contributed by atoms with van der Waals surface area (Å²) in [6.45, 7) is 1.51. The number of methoxy groups -OCH3 is 3. The van der Waals surface area contributed by atoms with Gasteiger partial charge in [-0.25, -0.2) is 0 Å². The smallest absolute Gasteiger partial charge is 0.234 e. The summed E-state index contributed by atoms with van der Waals surface area (Å²) in [5, 5.41) is 13.1. The van der Waals surface area contributed by atoms with Crippen LogP contribution in [0.1, 0.15) is 28.3 Å². The third kappa shape index (κ3) is 5.69. The lowest BCUT2D eigenvalue weighted by molar-refractivity contribution is -0.123. The highest BCUT2D eigenvalue weighted by atomic mass is 16.5. The molecule has 0 aliphatic carbocycles. The van der Waals surface area contributed by atoms with Gasteiger partial charge >= 0.3 is 0 Å². The third-order valence-corrected chi connectivity index (χ3v) is 6.47. The number of hydrogen-bond donors (Lipinski definition) is 2. The van der Waals surface area contributed by atoms with E-state index in [1.807, 2.05) is 54.6 Å². The van der Waals surface area contributed by atoms with Crippen LogP contribution in [0.25, 0.3) is 0 Å². The first-order chi connectivity index (χ1) is 17.0. The van der Waals surface area contributed by atoms with Gasteiger partial charge in [-0.2, -0.15) is 0 Å². The average Bonchev–Trinajstić information content (AvgIpc) is 2.89. The SMILES string of the molecule is COc1cc(CC2c3cc(OC)c(OC)cc3CCN2CC(=O)NCc2ccccc2)ccc1O. The number of nitrogens with zero attached hydrogens (tertiary/aromatic N) is 1. The molecule has 1 amide bonds. The van der Waals surface area contributed by atoms with Gasteiger partial charge in [-0.3, -0.25) is 9.69 Å². The van der Waals surface area contributed by atoms with Crippen molar-refractivity contribution >= 4 is 5.91 Å². The number of amides is 1. The minimum absolute atomic E-state index is 0.0222. The Balaban J connectivity index is 1.60. The molecule has 4 rings (SSSR count). The van der Waals surface area contributed by atoms with Crippen molar-refractivity contribution < 1.29 is 24.1 Å². The van der Waals surface area contributed by atoms with E-state index >= 15 is 0 Å². The molecule has 3 aromatic rings. The van der Waals surface area contributed by atoms with Crippen molar-refractivity contribution in [1.82, 2.24) is 10.2 Å². The monoisotopic (exact) mass is 476 g/mol. The van der Waals surface area contributed by atoms with Crippen LogP contribution in [-0.4, -0.2) is 50.3 Å². The molecule has 7 nitrogen and oxygen atoms in total. The van der Waals surface area contributed by atoms with E-state index < -0.39 is 0 Å². The summed E-state index contributed by atoms with van der Waals surface area (Å²) in [5.41, 5.74) is 4.35. The Morgan fingerprint density at radius 1 is 0.943 bits per heavy atom. The third-order valence-electron chi connectivity index (χ3n) is 6.47. The maximum atomic E-state index is 12.9. The van der Waals surface area contributed by atoms with Crippen LogP contribution in [-0.2, 0) is 24.2 Å². The molecule has 3 aromatic carbocycles. The van der Waals surface area contributed by atoms with Crippen LogP contribution in [0.5, 0.6) is 23.0 Å². The molecule has 0 aromatic heterocycles. The van der Waals surface area contributed by atoms with E-state index in [1.54, 1.807) is 20.3 Å². The molecule has 184 valence electrons. The Kier molecular flexibility index (Phi) is 7.77. The number of ether oxygens (including phenoxy) is 3. The lowest BCUT2D eigenvalue weighted by Crippen LogP contribution is -2.43. The highest BCUT2D eigenvalue weighted by Crippen LogP contribution is 2.40. The largest absolute Gasteiger partial charge is 0.504 e. The zero-order valence-electron chi connectivity index (χ0n) is 20.4. The van der Waals surface area contributed by atoms with E-state index in [9.17, 15) is 9.90 Å². The van der Waals surface area contributed by atoms with E-state index in [1.165, 1.54) is 12.7 Å². The summed E-state index contributed by atoms with van der Waals surface area (Å²) in [5.74, 6) is 1.87. The molecular weight excluding hydrogens is 444 g/mol. The van der Waals surface area contributed by atoms with Gasteiger partial charge in [-0.15, -0.1) is 0 Å². The maximum Gasteiger partial charge on any atom is 0.234 e. The van der Waals surface area contributed by atoms with Gasteiger partial charge in [-0.05, 0) is 59.4 Å². The van der Waals surface area contributed by atoms with Crippen molar-refractivity contribution in [2.45, 2.75) is 25.4 Å². The van der Waals surface area contributed by atoms with Gasteiger partial charge in [0.2, 0.25) is 5.91 Å². The second-order valence-electron chi connectivity index (χ2n) is 8.61. The minimum Gasteiger partial charge on any atom is -0.504 e. The molecule has 1 atom stereocenters. The number of rotatable bonds is 9. The Labute approximate surface area is 206 Å². The van der Waals surface area contributed by atoms with E-state index in [0.717, 1.165) is 29.7 Å². The molecule has 0 fully saturated rings. The molecule has 1 aliphatic heterocycles. The van der Waals surface area contributed by atoms with Gasteiger partial charge in [0.1, 0.15) is 0 Å². The van der Waals surface area contributed by atoms with Gasteiger partial charge in [0.05, 0.1) is 27.9 Å². The summed E-state index contributed by atoms with van der Waals surface area (Å²) in [6, 6.07) is 19.3. The number of benzene rings is 3. The van der Waals surface area contributed by atoms with E-state index in [2.05, 4.69) is 10.2 Å². The molecule has 35 heavy (non-hydrogen) atoms. The first-order valence-electron chi connectivity index (χ1n) is 11.7. The van der Waals surface area contributed by atoms with Crippen molar-refractivity contribution in [2.24, 2.45) is 0 Å². The Morgan fingerprint density at radius 2 is 1.66 bits per heavy atom. The molecule has 0 spiro atoms. The zero-order valence-corrected chi connectivity index (χ0v) is 20.4. The number of phenolic OH excluding ortho intramolecular Hbond substituents is 1. The molecule has 0 radical (unpaired) electrons. The quantitative estimate of drug-likeness (QED) is 0.488. The number of carbonyl (C=O) groups excluding carboxylic acids is 1. The maximum absolute atomic E-state index is 12.9. The number of hydrogen-bond acceptors (Lipinski definition) is 6. The predicted molar refractivity (Wildman–Crippen MR) is 134 cm³/mol. The van der Waals surface area contributed by atoms with Gasteiger partial charge in [-0.1, -0.05) is 36.4 Å². The van der Waals surface area contributed by atoms with Gasteiger partial charge < -0.3 is 24.6 Å². The van der Waals surface area contributed by atoms with Crippen LogP contribution in [0.3, 0.4) is 0 Å². The second-order valence-corrected chi connectivity index (χ2v) is 8.61. The lowest BCUT2D eigenvalue weighted by atomic mass is 9.88. The molecule has 0 saturated carbocycles. The fourth-order valence-electron chi connectivity index (χ4n) is 4.62. The highest BCUT2D eigenvalue weighted by molar-refractivity contribution is 5.78. The molecule has 0 bridgehead atoms.